The van der Waals surface area contributed by atoms with E-state index in [2.05, 4.69) is 11.8 Å². The second kappa shape index (κ2) is 6.20. The largest absolute Gasteiger partial charge is 0.368 e. The number of hydrogen-bond donors (Lipinski definition) is 1. The summed E-state index contributed by atoms with van der Waals surface area (Å²) in [5.74, 6) is -0.206. The molecule has 1 aliphatic heterocycles. The minimum absolute atomic E-state index is 0.206. The van der Waals surface area contributed by atoms with Crippen molar-refractivity contribution in [2.45, 2.75) is 44.6 Å². The first-order chi connectivity index (χ1) is 9.21. The molecule has 1 aliphatic rings. The summed E-state index contributed by atoms with van der Waals surface area (Å²) in [6, 6.07) is 10.0. The molecule has 1 amide bonds. The highest BCUT2D eigenvalue weighted by Crippen LogP contribution is 2.35. The Morgan fingerprint density at radius 1 is 1.21 bits per heavy atom. The number of carbonyl (C=O) groups excluding carboxylic acids is 1. The van der Waals surface area contributed by atoms with Crippen LogP contribution in [-0.2, 0) is 10.3 Å². The number of piperidine rings is 1. The molecule has 2 N–H and O–H groups in total. The molecule has 104 valence electrons. The van der Waals surface area contributed by atoms with Gasteiger partial charge in [-0.15, -0.1) is 0 Å². The molecule has 0 saturated carbocycles. The first-order valence-electron chi connectivity index (χ1n) is 7.32. The molecule has 1 fully saturated rings. The highest BCUT2D eigenvalue weighted by atomic mass is 16.1. The second-order valence-corrected chi connectivity index (χ2v) is 5.39. The average molecular weight is 260 g/mol. The number of rotatable bonds is 5. The quantitative estimate of drug-likeness (QED) is 0.884. The Morgan fingerprint density at radius 3 is 2.37 bits per heavy atom. The Bertz CT molecular complexity index is 412. The summed E-state index contributed by atoms with van der Waals surface area (Å²) >= 11 is 0. The van der Waals surface area contributed by atoms with Gasteiger partial charge in [-0.3, -0.25) is 9.69 Å². The molecule has 0 aromatic heterocycles. The van der Waals surface area contributed by atoms with Crippen molar-refractivity contribution in [1.29, 1.82) is 0 Å². The van der Waals surface area contributed by atoms with Crippen molar-refractivity contribution in [2.75, 3.05) is 13.1 Å². The summed E-state index contributed by atoms with van der Waals surface area (Å²) < 4.78 is 0. The Labute approximate surface area is 115 Å². The molecule has 3 nitrogen and oxygen atoms in total. The Balaban J connectivity index is 2.43. The lowest BCUT2D eigenvalue weighted by atomic mass is 9.81. The van der Waals surface area contributed by atoms with Gasteiger partial charge in [0, 0.05) is 0 Å². The lowest BCUT2D eigenvalue weighted by Crippen LogP contribution is -2.56. The summed E-state index contributed by atoms with van der Waals surface area (Å²) in [6.45, 7) is 4.06. The number of nitrogens with two attached hydrogens (primary N) is 1. The van der Waals surface area contributed by atoms with Crippen LogP contribution in [0.3, 0.4) is 0 Å². The molecule has 1 aromatic carbocycles. The maximum absolute atomic E-state index is 12.3. The molecule has 1 atom stereocenters. The van der Waals surface area contributed by atoms with E-state index in [1.54, 1.807) is 0 Å². The van der Waals surface area contributed by atoms with E-state index >= 15 is 0 Å². The van der Waals surface area contributed by atoms with E-state index in [9.17, 15) is 4.79 Å². The van der Waals surface area contributed by atoms with Gasteiger partial charge in [-0.1, -0.05) is 50.1 Å². The third-order valence-electron chi connectivity index (χ3n) is 4.17. The number of primary amides is 1. The molecule has 19 heavy (non-hydrogen) atoms. The third kappa shape index (κ3) is 2.66. The highest BCUT2D eigenvalue weighted by Gasteiger charge is 2.43. The van der Waals surface area contributed by atoms with Crippen LogP contribution in [0.2, 0.25) is 0 Å². The standard InChI is InChI=1S/C16H24N2O/c1-2-11-16(15(17)19,14-9-5-3-6-10-14)18-12-7-4-8-13-18/h3,5-6,9-10H,2,4,7-8,11-13H2,1H3,(H2,17,19). The lowest BCUT2D eigenvalue weighted by molar-refractivity contribution is -0.132. The van der Waals surface area contributed by atoms with Crippen LogP contribution in [0.5, 0.6) is 0 Å². The van der Waals surface area contributed by atoms with E-state index in [-0.39, 0.29) is 5.91 Å². The number of nitrogens with zero attached hydrogens (tertiary/aromatic N) is 1. The first-order valence-corrected chi connectivity index (χ1v) is 7.32. The van der Waals surface area contributed by atoms with Crippen LogP contribution in [-0.4, -0.2) is 23.9 Å². The maximum Gasteiger partial charge on any atom is 0.242 e. The normalized spacial score (nSPS) is 19.8. The van der Waals surface area contributed by atoms with E-state index in [0.29, 0.717) is 0 Å². The van der Waals surface area contributed by atoms with Gasteiger partial charge in [-0.2, -0.15) is 0 Å². The highest BCUT2D eigenvalue weighted by molar-refractivity contribution is 5.86. The van der Waals surface area contributed by atoms with Crippen LogP contribution < -0.4 is 5.73 Å². The molecule has 0 radical (unpaired) electrons. The number of likely N-dealkylation sites (tertiary alicyclic amines) is 1. The fourth-order valence-corrected chi connectivity index (χ4v) is 3.26. The minimum Gasteiger partial charge on any atom is -0.368 e. The number of benzene rings is 1. The molecule has 1 aromatic rings. The average Bonchev–Trinajstić information content (AvgIpc) is 2.46. The van der Waals surface area contributed by atoms with Gasteiger partial charge in [0.1, 0.15) is 5.54 Å². The summed E-state index contributed by atoms with van der Waals surface area (Å²) in [6.07, 6.45) is 5.32. The van der Waals surface area contributed by atoms with Crippen molar-refractivity contribution in [2.24, 2.45) is 5.73 Å². The van der Waals surface area contributed by atoms with Crippen molar-refractivity contribution in [1.82, 2.24) is 4.90 Å². The number of amides is 1. The molecule has 1 saturated heterocycles. The van der Waals surface area contributed by atoms with E-state index in [4.69, 9.17) is 5.73 Å². The van der Waals surface area contributed by atoms with Gasteiger partial charge in [0.2, 0.25) is 5.91 Å². The molecule has 1 heterocycles. The monoisotopic (exact) mass is 260 g/mol. The lowest BCUT2D eigenvalue weighted by Gasteiger charge is -2.44. The molecule has 0 aliphatic carbocycles. The summed E-state index contributed by atoms with van der Waals surface area (Å²) in [7, 11) is 0. The maximum atomic E-state index is 12.3. The SMILES string of the molecule is CCCC(C(N)=O)(c1ccccc1)N1CCCCC1. The Kier molecular flexibility index (Phi) is 4.59. The predicted molar refractivity (Wildman–Crippen MR) is 77.6 cm³/mol. The summed E-state index contributed by atoms with van der Waals surface area (Å²) in [4.78, 5) is 14.6. The first kappa shape index (κ1) is 14.1. The van der Waals surface area contributed by atoms with Crippen molar-refractivity contribution >= 4 is 5.91 Å². The molecule has 0 spiro atoms. The van der Waals surface area contributed by atoms with Crippen LogP contribution in [0, 0.1) is 0 Å². The predicted octanol–water partition coefficient (Wildman–Crippen LogP) is 2.65. The van der Waals surface area contributed by atoms with Crippen LogP contribution in [0.4, 0.5) is 0 Å². The van der Waals surface area contributed by atoms with Crippen LogP contribution >= 0.6 is 0 Å². The Hall–Kier alpha value is -1.35. The smallest absolute Gasteiger partial charge is 0.242 e. The van der Waals surface area contributed by atoms with Crippen molar-refractivity contribution < 1.29 is 4.79 Å². The van der Waals surface area contributed by atoms with Gasteiger partial charge in [-0.25, -0.2) is 0 Å². The molecule has 3 heteroatoms. The van der Waals surface area contributed by atoms with E-state index in [0.717, 1.165) is 44.3 Å². The van der Waals surface area contributed by atoms with Crippen LogP contribution in [0.15, 0.2) is 30.3 Å². The van der Waals surface area contributed by atoms with Gasteiger partial charge in [-0.05, 0) is 37.9 Å². The van der Waals surface area contributed by atoms with Gasteiger partial charge in [0.25, 0.3) is 0 Å². The van der Waals surface area contributed by atoms with E-state index in [1.165, 1.54) is 6.42 Å². The molecule has 1 unspecified atom stereocenters. The van der Waals surface area contributed by atoms with Crippen molar-refractivity contribution in [3.63, 3.8) is 0 Å². The summed E-state index contributed by atoms with van der Waals surface area (Å²) in [5.41, 5.74) is 6.27. The van der Waals surface area contributed by atoms with Crippen LogP contribution in [0.1, 0.15) is 44.6 Å². The fraction of sp³-hybridized carbons (Fsp3) is 0.562. The zero-order valence-electron chi connectivity index (χ0n) is 11.8. The minimum atomic E-state index is -0.615. The van der Waals surface area contributed by atoms with Crippen LogP contribution in [0.25, 0.3) is 0 Å². The van der Waals surface area contributed by atoms with Gasteiger partial charge in [0.05, 0.1) is 0 Å². The molecule has 2 rings (SSSR count). The van der Waals surface area contributed by atoms with Crippen molar-refractivity contribution in [3.05, 3.63) is 35.9 Å². The number of carbonyl (C=O) groups is 1. The van der Waals surface area contributed by atoms with Crippen molar-refractivity contribution in [3.8, 4) is 0 Å². The van der Waals surface area contributed by atoms with E-state index in [1.807, 2.05) is 30.3 Å². The zero-order chi connectivity index (χ0) is 13.7. The van der Waals surface area contributed by atoms with E-state index < -0.39 is 5.54 Å². The molecular weight excluding hydrogens is 236 g/mol. The summed E-state index contributed by atoms with van der Waals surface area (Å²) in [5, 5.41) is 0. The van der Waals surface area contributed by atoms with Gasteiger partial charge < -0.3 is 5.73 Å². The van der Waals surface area contributed by atoms with Gasteiger partial charge in [0.15, 0.2) is 0 Å². The topological polar surface area (TPSA) is 46.3 Å². The van der Waals surface area contributed by atoms with Gasteiger partial charge >= 0.3 is 0 Å². The number of hydrogen-bond acceptors (Lipinski definition) is 2. The second-order valence-electron chi connectivity index (χ2n) is 5.39. The third-order valence-corrected chi connectivity index (χ3v) is 4.17. The molecular formula is C16H24N2O. The zero-order valence-corrected chi connectivity index (χ0v) is 11.8. The fourth-order valence-electron chi connectivity index (χ4n) is 3.26. The Morgan fingerprint density at radius 2 is 1.84 bits per heavy atom. The molecule has 0 bridgehead atoms.